The molecule has 0 aliphatic carbocycles. The molecule has 1 aliphatic heterocycles. The fourth-order valence-corrected chi connectivity index (χ4v) is 3.69. The SMILES string of the molecule is Cc1ccc2nc(C3CCCN(C(=O)C(O)c4ccccc4)C3)[nH]c2c1. The molecular formula is C21H23N3O2. The van der Waals surface area contributed by atoms with Gasteiger partial charge in [-0.05, 0) is 43.0 Å². The van der Waals surface area contributed by atoms with Gasteiger partial charge in [0.2, 0.25) is 0 Å². The molecule has 134 valence electrons. The third-order valence-electron chi connectivity index (χ3n) is 5.12. The van der Waals surface area contributed by atoms with Gasteiger partial charge < -0.3 is 15.0 Å². The van der Waals surface area contributed by atoms with Gasteiger partial charge in [-0.15, -0.1) is 0 Å². The number of carbonyl (C=O) groups excluding carboxylic acids is 1. The second-order valence-electron chi connectivity index (χ2n) is 7.08. The number of rotatable bonds is 3. The first kappa shape index (κ1) is 16.8. The molecule has 1 aromatic heterocycles. The molecule has 0 saturated carbocycles. The molecule has 0 bridgehead atoms. The number of hydrogen-bond acceptors (Lipinski definition) is 3. The molecule has 0 spiro atoms. The molecule has 5 nitrogen and oxygen atoms in total. The highest BCUT2D eigenvalue weighted by atomic mass is 16.3. The number of carbonyl (C=O) groups is 1. The molecule has 3 aromatic rings. The number of aryl methyl sites for hydroxylation is 1. The fraction of sp³-hybridized carbons (Fsp3) is 0.333. The summed E-state index contributed by atoms with van der Waals surface area (Å²) in [6, 6.07) is 15.3. The van der Waals surface area contributed by atoms with Crippen LogP contribution in [-0.4, -0.2) is 39.0 Å². The summed E-state index contributed by atoms with van der Waals surface area (Å²) in [5, 5.41) is 10.4. The highest BCUT2D eigenvalue weighted by Crippen LogP contribution is 2.28. The van der Waals surface area contributed by atoms with Gasteiger partial charge in [0, 0.05) is 19.0 Å². The zero-order valence-corrected chi connectivity index (χ0v) is 14.9. The lowest BCUT2D eigenvalue weighted by molar-refractivity contribution is -0.141. The van der Waals surface area contributed by atoms with Crippen molar-refractivity contribution in [3.63, 3.8) is 0 Å². The quantitative estimate of drug-likeness (QED) is 0.762. The van der Waals surface area contributed by atoms with Crippen LogP contribution in [0.3, 0.4) is 0 Å². The van der Waals surface area contributed by atoms with E-state index in [1.54, 1.807) is 17.0 Å². The Morgan fingerprint density at radius 1 is 1.27 bits per heavy atom. The van der Waals surface area contributed by atoms with Crippen molar-refractivity contribution in [2.75, 3.05) is 13.1 Å². The Morgan fingerprint density at radius 3 is 2.88 bits per heavy atom. The number of fused-ring (bicyclic) bond motifs is 1. The molecule has 5 heteroatoms. The Labute approximate surface area is 152 Å². The number of nitrogens with zero attached hydrogens (tertiary/aromatic N) is 2. The predicted octanol–water partition coefficient (Wildman–Crippen LogP) is 3.31. The minimum atomic E-state index is -1.10. The predicted molar refractivity (Wildman–Crippen MR) is 101 cm³/mol. The van der Waals surface area contributed by atoms with E-state index in [4.69, 9.17) is 4.98 Å². The second kappa shape index (κ2) is 6.92. The molecule has 2 heterocycles. The summed E-state index contributed by atoms with van der Waals surface area (Å²) in [5.74, 6) is 0.869. The standard InChI is InChI=1S/C21H23N3O2/c1-14-9-10-17-18(12-14)23-20(22-17)16-8-5-11-24(13-16)21(26)19(25)15-6-3-2-4-7-15/h2-4,6-7,9-10,12,16,19,25H,5,8,11,13H2,1H3,(H,22,23). The van der Waals surface area contributed by atoms with E-state index in [0.717, 1.165) is 29.7 Å². The van der Waals surface area contributed by atoms with Crippen molar-refractivity contribution in [2.45, 2.75) is 31.8 Å². The van der Waals surface area contributed by atoms with Crippen molar-refractivity contribution in [1.82, 2.24) is 14.9 Å². The average Bonchev–Trinajstić information content (AvgIpc) is 3.11. The average molecular weight is 349 g/mol. The lowest BCUT2D eigenvalue weighted by atomic mass is 9.96. The molecule has 2 N–H and O–H groups in total. The first-order valence-electron chi connectivity index (χ1n) is 9.10. The summed E-state index contributed by atoms with van der Waals surface area (Å²) in [7, 11) is 0. The summed E-state index contributed by atoms with van der Waals surface area (Å²) in [5.41, 5.74) is 3.82. The molecule has 1 fully saturated rings. The number of aliphatic hydroxyl groups excluding tert-OH is 1. The molecule has 2 atom stereocenters. The van der Waals surface area contributed by atoms with Crippen molar-refractivity contribution in [3.8, 4) is 0 Å². The third kappa shape index (κ3) is 3.22. The van der Waals surface area contributed by atoms with Crippen LogP contribution in [0.2, 0.25) is 0 Å². The number of imidazole rings is 1. The van der Waals surface area contributed by atoms with Crippen LogP contribution in [0.25, 0.3) is 11.0 Å². The monoisotopic (exact) mass is 349 g/mol. The number of benzene rings is 2. The van der Waals surface area contributed by atoms with Gasteiger partial charge in [0.15, 0.2) is 6.10 Å². The summed E-state index contributed by atoms with van der Waals surface area (Å²) in [4.78, 5) is 22.6. The Kier molecular flexibility index (Phi) is 4.47. The van der Waals surface area contributed by atoms with E-state index in [9.17, 15) is 9.90 Å². The third-order valence-corrected chi connectivity index (χ3v) is 5.12. The number of aromatic nitrogens is 2. The van der Waals surface area contributed by atoms with Gasteiger partial charge in [-0.1, -0.05) is 36.4 Å². The van der Waals surface area contributed by atoms with Crippen LogP contribution in [0.1, 0.15) is 41.8 Å². The lowest BCUT2D eigenvalue weighted by Crippen LogP contribution is -2.41. The Balaban J connectivity index is 1.52. The Bertz CT molecular complexity index is 919. The topological polar surface area (TPSA) is 69.2 Å². The van der Waals surface area contributed by atoms with E-state index in [-0.39, 0.29) is 11.8 Å². The van der Waals surface area contributed by atoms with Crippen molar-refractivity contribution >= 4 is 16.9 Å². The molecule has 1 saturated heterocycles. The van der Waals surface area contributed by atoms with E-state index in [0.29, 0.717) is 18.7 Å². The number of likely N-dealkylation sites (tertiary alicyclic amines) is 1. The van der Waals surface area contributed by atoms with Gasteiger partial charge in [0.25, 0.3) is 5.91 Å². The molecule has 0 radical (unpaired) electrons. The maximum absolute atomic E-state index is 12.7. The zero-order valence-electron chi connectivity index (χ0n) is 14.9. The van der Waals surface area contributed by atoms with Crippen molar-refractivity contribution in [2.24, 2.45) is 0 Å². The molecule has 4 rings (SSSR count). The second-order valence-corrected chi connectivity index (χ2v) is 7.08. The van der Waals surface area contributed by atoms with Gasteiger partial charge in [-0.25, -0.2) is 4.98 Å². The van der Waals surface area contributed by atoms with E-state index < -0.39 is 6.10 Å². The molecule has 2 aromatic carbocycles. The number of nitrogens with one attached hydrogen (secondary N) is 1. The zero-order chi connectivity index (χ0) is 18.1. The molecule has 1 aliphatic rings. The molecule has 26 heavy (non-hydrogen) atoms. The molecule has 2 unspecified atom stereocenters. The van der Waals surface area contributed by atoms with Crippen LogP contribution in [-0.2, 0) is 4.79 Å². The smallest absolute Gasteiger partial charge is 0.256 e. The van der Waals surface area contributed by atoms with Gasteiger partial charge >= 0.3 is 0 Å². The maximum atomic E-state index is 12.7. The summed E-state index contributed by atoms with van der Waals surface area (Å²) in [6.45, 7) is 3.33. The van der Waals surface area contributed by atoms with Crippen LogP contribution in [0.5, 0.6) is 0 Å². The number of hydrogen-bond donors (Lipinski definition) is 2. The van der Waals surface area contributed by atoms with Crippen molar-refractivity contribution in [1.29, 1.82) is 0 Å². The van der Waals surface area contributed by atoms with Crippen LogP contribution < -0.4 is 0 Å². The number of amides is 1. The summed E-state index contributed by atoms with van der Waals surface area (Å²) >= 11 is 0. The normalized spacial score (nSPS) is 18.8. The van der Waals surface area contributed by atoms with E-state index >= 15 is 0 Å². The van der Waals surface area contributed by atoms with Crippen LogP contribution in [0.4, 0.5) is 0 Å². The molecular weight excluding hydrogens is 326 g/mol. The summed E-state index contributed by atoms with van der Waals surface area (Å²) in [6.07, 6.45) is 0.797. The van der Waals surface area contributed by atoms with Gasteiger partial charge in [-0.3, -0.25) is 4.79 Å². The Hall–Kier alpha value is -2.66. The van der Waals surface area contributed by atoms with Gasteiger partial charge in [-0.2, -0.15) is 0 Å². The van der Waals surface area contributed by atoms with Crippen molar-refractivity contribution in [3.05, 3.63) is 65.5 Å². The largest absolute Gasteiger partial charge is 0.378 e. The summed E-state index contributed by atoms with van der Waals surface area (Å²) < 4.78 is 0. The minimum Gasteiger partial charge on any atom is -0.378 e. The minimum absolute atomic E-state index is 0.170. The first-order valence-corrected chi connectivity index (χ1v) is 9.10. The van der Waals surface area contributed by atoms with Gasteiger partial charge in [0.1, 0.15) is 5.82 Å². The maximum Gasteiger partial charge on any atom is 0.256 e. The fourth-order valence-electron chi connectivity index (χ4n) is 3.69. The molecule has 1 amide bonds. The van der Waals surface area contributed by atoms with E-state index in [2.05, 4.69) is 24.0 Å². The number of aromatic amines is 1. The van der Waals surface area contributed by atoms with E-state index in [1.165, 1.54) is 5.56 Å². The Morgan fingerprint density at radius 2 is 2.08 bits per heavy atom. The number of aliphatic hydroxyl groups is 1. The van der Waals surface area contributed by atoms with Crippen molar-refractivity contribution < 1.29 is 9.90 Å². The highest BCUT2D eigenvalue weighted by molar-refractivity contribution is 5.82. The number of H-pyrrole nitrogens is 1. The van der Waals surface area contributed by atoms with Crippen LogP contribution >= 0.6 is 0 Å². The highest BCUT2D eigenvalue weighted by Gasteiger charge is 2.30. The van der Waals surface area contributed by atoms with Crippen LogP contribution in [0, 0.1) is 6.92 Å². The van der Waals surface area contributed by atoms with Crippen LogP contribution in [0.15, 0.2) is 48.5 Å². The van der Waals surface area contributed by atoms with E-state index in [1.807, 2.05) is 24.3 Å². The lowest BCUT2D eigenvalue weighted by Gasteiger charge is -2.33. The first-order chi connectivity index (χ1) is 12.6. The number of piperidine rings is 1. The van der Waals surface area contributed by atoms with Gasteiger partial charge in [0.05, 0.1) is 11.0 Å².